The summed E-state index contributed by atoms with van der Waals surface area (Å²) in [4.78, 5) is 11.6. The van der Waals surface area contributed by atoms with Gasteiger partial charge in [0.05, 0.1) is 11.3 Å². The molecule has 0 fully saturated rings. The molecule has 2 rings (SSSR count). The highest BCUT2D eigenvalue weighted by molar-refractivity contribution is 5.95. The molecule has 0 unspecified atom stereocenters. The number of hydrazine groups is 1. The summed E-state index contributed by atoms with van der Waals surface area (Å²) in [6, 6.07) is 3.65. The quantitative estimate of drug-likeness (QED) is 0.519. The van der Waals surface area contributed by atoms with Crippen LogP contribution >= 0.6 is 0 Å². The molecule has 0 radical (unpaired) electrons. The molecule has 1 amide bonds. The number of benzene rings is 2. The minimum absolute atomic E-state index is 0.570. The first-order valence-electron chi connectivity index (χ1n) is 5.55. The number of hydrogen-bond acceptors (Lipinski definition) is 2. The summed E-state index contributed by atoms with van der Waals surface area (Å²) in [5.41, 5.74) is 2.60. The first-order valence-corrected chi connectivity index (χ1v) is 5.55. The predicted molar refractivity (Wildman–Crippen MR) is 63.8 cm³/mol. The van der Waals surface area contributed by atoms with Gasteiger partial charge >= 0.3 is 0 Å². The summed E-state index contributed by atoms with van der Waals surface area (Å²) in [6.07, 6.45) is 0. The van der Waals surface area contributed by atoms with E-state index >= 15 is 0 Å². The zero-order valence-electron chi connectivity index (χ0n) is 10.2. The summed E-state index contributed by atoms with van der Waals surface area (Å²) in [5, 5.41) is 0. The van der Waals surface area contributed by atoms with Gasteiger partial charge in [0.15, 0.2) is 17.5 Å². The minimum Gasteiger partial charge on any atom is -0.295 e. The maximum absolute atomic E-state index is 13.3. The molecule has 3 nitrogen and oxygen atoms in total. The Balaban J connectivity index is 2.15. The van der Waals surface area contributed by atoms with Crippen molar-refractivity contribution < 1.29 is 26.7 Å². The van der Waals surface area contributed by atoms with Gasteiger partial charge < -0.3 is 0 Å². The average Bonchev–Trinajstić information content (AvgIpc) is 2.46. The minimum atomic E-state index is -1.73. The fourth-order valence-corrected chi connectivity index (χ4v) is 1.49. The molecule has 0 aromatic heterocycles. The van der Waals surface area contributed by atoms with Crippen molar-refractivity contribution in [3.05, 3.63) is 65.0 Å². The molecule has 21 heavy (non-hydrogen) atoms. The van der Waals surface area contributed by atoms with Gasteiger partial charge in [-0.3, -0.25) is 15.6 Å². The van der Waals surface area contributed by atoms with Gasteiger partial charge in [0.1, 0.15) is 11.6 Å². The number of hydrogen-bond donors (Lipinski definition) is 2. The average molecular weight is 302 g/mol. The second-order valence-electron chi connectivity index (χ2n) is 3.93. The number of nitrogens with one attached hydrogen (secondary N) is 2. The van der Waals surface area contributed by atoms with Crippen LogP contribution in [0, 0.1) is 29.1 Å². The summed E-state index contributed by atoms with van der Waals surface area (Å²) < 4.78 is 65.2. The van der Waals surface area contributed by atoms with Gasteiger partial charge in [-0.15, -0.1) is 0 Å². The molecule has 0 bridgehead atoms. The Labute approximate surface area is 115 Å². The topological polar surface area (TPSA) is 41.1 Å². The summed E-state index contributed by atoms with van der Waals surface area (Å²) in [6.45, 7) is 0. The van der Waals surface area contributed by atoms with E-state index < -0.39 is 46.2 Å². The van der Waals surface area contributed by atoms with Crippen molar-refractivity contribution in [2.75, 3.05) is 5.43 Å². The third-order valence-corrected chi connectivity index (χ3v) is 2.52. The lowest BCUT2D eigenvalue weighted by molar-refractivity contribution is 0.0958. The van der Waals surface area contributed by atoms with Gasteiger partial charge in [-0.2, -0.15) is 0 Å². The fourth-order valence-electron chi connectivity index (χ4n) is 1.49. The summed E-state index contributed by atoms with van der Waals surface area (Å²) in [5.74, 6) is -7.65. The van der Waals surface area contributed by atoms with Gasteiger partial charge in [0.25, 0.3) is 5.91 Å². The molecule has 0 saturated heterocycles. The Hall–Kier alpha value is -2.64. The lowest BCUT2D eigenvalue weighted by Crippen LogP contribution is -2.30. The maximum atomic E-state index is 13.3. The van der Waals surface area contributed by atoms with Gasteiger partial charge in [-0.25, -0.2) is 22.0 Å². The van der Waals surface area contributed by atoms with Crippen LogP contribution in [-0.2, 0) is 0 Å². The molecule has 2 aromatic rings. The van der Waals surface area contributed by atoms with E-state index in [0.717, 1.165) is 18.2 Å². The SMILES string of the molecule is O=C(NNc1ccc(F)c(F)c1F)c1cc(F)ccc1F. The highest BCUT2D eigenvalue weighted by Crippen LogP contribution is 2.19. The van der Waals surface area contributed by atoms with E-state index in [1.807, 2.05) is 10.9 Å². The van der Waals surface area contributed by atoms with Crippen molar-refractivity contribution in [3.63, 3.8) is 0 Å². The van der Waals surface area contributed by atoms with Crippen molar-refractivity contribution in [2.45, 2.75) is 0 Å². The van der Waals surface area contributed by atoms with Crippen LogP contribution in [0.5, 0.6) is 0 Å². The van der Waals surface area contributed by atoms with Crippen LogP contribution in [-0.4, -0.2) is 5.91 Å². The van der Waals surface area contributed by atoms with Crippen LogP contribution in [0.1, 0.15) is 10.4 Å². The molecule has 0 aliphatic rings. The van der Waals surface area contributed by atoms with Crippen LogP contribution in [0.15, 0.2) is 30.3 Å². The van der Waals surface area contributed by atoms with E-state index in [9.17, 15) is 26.7 Å². The lowest BCUT2D eigenvalue weighted by Gasteiger charge is -2.10. The largest absolute Gasteiger partial charge is 0.295 e. The van der Waals surface area contributed by atoms with Crippen molar-refractivity contribution in [2.24, 2.45) is 0 Å². The van der Waals surface area contributed by atoms with E-state index in [2.05, 4.69) is 0 Å². The zero-order valence-corrected chi connectivity index (χ0v) is 10.2. The molecule has 2 aromatic carbocycles. The van der Waals surface area contributed by atoms with E-state index in [1.165, 1.54) is 0 Å². The Kier molecular flexibility index (Phi) is 4.06. The standard InChI is InChI=1S/C13H7F5N2O/c14-6-1-2-8(15)7(5-6)13(21)20-19-10-4-3-9(16)11(17)12(10)18/h1-5,19H,(H,20,21). The molecule has 2 N–H and O–H groups in total. The normalized spacial score (nSPS) is 10.3. The smallest absolute Gasteiger partial charge is 0.272 e. The number of anilines is 1. The Morgan fingerprint density at radius 2 is 1.52 bits per heavy atom. The second-order valence-corrected chi connectivity index (χ2v) is 3.93. The van der Waals surface area contributed by atoms with Gasteiger partial charge in [0.2, 0.25) is 0 Å². The van der Waals surface area contributed by atoms with E-state index in [-0.39, 0.29) is 0 Å². The first kappa shape index (κ1) is 14.8. The van der Waals surface area contributed by atoms with Crippen molar-refractivity contribution in [3.8, 4) is 0 Å². The first-order chi connectivity index (χ1) is 9.90. The van der Waals surface area contributed by atoms with Gasteiger partial charge in [-0.05, 0) is 30.3 Å². The van der Waals surface area contributed by atoms with Crippen LogP contribution in [0.3, 0.4) is 0 Å². The zero-order chi connectivity index (χ0) is 15.6. The molecule has 0 saturated carbocycles. The van der Waals surface area contributed by atoms with Gasteiger partial charge in [0, 0.05) is 0 Å². The molecule has 0 aliphatic heterocycles. The van der Waals surface area contributed by atoms with Crippen molar-refractivity contribution in [1.29, 1.82) is 0 Å². The maximum Gasteiger partial charge on any atom is 0.272 e. The summed E-state index contributed by atoms with van der Waals surface area (Å²) in [7, 11) is 0. The molecular formula is C13H7F5N2O. The number of halogens is 5. The molecule has 0 spiro atoms. The molecular weight excluding hydrogens is 295 g/mol. The molecule has 110 valence electrons. The highest BCUT2D eigenvalue weighted by atomic mass is 19.2. The van der Waals surface area contributed by atoms with E-state index in [4.69, 9.17) is 0 Å². The molecule has 8 heteroatoms. The number of rotatable bonds is 3. The van der Waals surface area contributed by atoms with Crippen LogP contribution in [0.2, 0.25) is 0 Å². The van der Waals surface area contributed by atoms with Crippen molar-refractivity contribution >= 4 is 11.6 Å². The number of carbonyl (C=O) groups is 1. The molecule has 0 heterocycles. The monoisotopic (exact) mass is 302 g/mol. The van der Waals surface area contributed by atoms with Crippen molar-refractivity contribution in [1.82, 2.24) is 5.43 Å². The van der Waals surface area contributed by atoms with Crippen LogP contribution < -0.4 is 10.9 Å². The third kappa shape index (κ3) is 3.10. The fraction of sp³-hybridized carbons (Fsp3) is 0. The van der Waals surface area contributed by atoms with E-state index in [0.29, 0.717) is 12.1 Å². The number of carbonyl (C=O) groups excluding carboxylic acids is 1. The Morgan fingerprint density at radius 1 is 0.857 bits per heavy atom. The van der Waals surface area contributed by atoms with Crippen LogP contribution in [0.25, 0.3) is 0 Å². The number of amides is 1. The second kappa shape index (κ2) is 5.78. The molecule has 0 aliphatic carbocycles. The van der Waals surface area contributed by atoms with Crippen LogP contribution in [0.4, 0.5) is 27.6 Å². The Bertz CT molecular complexity index is 705. The summed E-state index contributed by atoms with van der Waals surface area (Å²) >= 11 is 0. The third-order valence-electron chi connectivity index (χ3n) is 2.52. The molecule has 0 atom stereocenters. The van der Waals surface area contributed by atoms with E-state index in [1.54, 1.807) is 0 Å². The lowest BCUT2D eigenvalue weighted by atomic mass is 10.2. The van der Waals surface area contributed by atoms with Gasteiger partial charge in [-0.1, -0.05) is 0 Å². The highest BCUT2D eigenvalue weighted by Gasteiger charge is 2.16. The Morgan fingerprint density at radius 3 is 2.24 bits per heavy atom. The predicted octanol–water partition coefficient (Wildman–Crippen LogP) is 3.14.